The van der Waals surface area contributed by atoms with Crippen LogP contribution >= 0.6 is 0 Å². The first-order valence-electron chi connectivity index (χ1n) is 12.3. The zero-order valence-electron chi connectivity index (χ0n) is 21.3. The first kappa shape index (κ1) is 26.1. The van der Waals surface area contributed by atoms with Crippen LogP contribution in [0, 0.1) is 11.7 Å². The van der Waals surface area contributed by atoms with E-state index < -0.39 is 41.3 Å². The van der Waals surface area contributed by atoms with E-state index >= 15 is 0 Å². The molecule has 1 heterocycles. The molecule has 2 aliphatic rings. The van der Waals surface area contributed by atoms with Gasteiger partial charge in [0.15, 0.2) is 5.78 Å². The van der Waals surface area contributed by atoms with Gasteiger partial charge in [0.25, 0.3) is 0 Å². The molecular formula is C29H30FNO6. The Hall–Kier alpha value is -3.94. The van der Waals surface area contributed by atoms with E-state index in [1.165, 1.54) is 12.1 Å². The minimum Gasteiger partial charge on any atom is -0.497 e. The topological polar surface area (TPSA) is 90.9 Å². The summed E-state index contributed by atoms with van der Waals surface area (Å²) in [5.41, 5.74) is 3.05. The molecule has 0 saturated heterocycles. The van der Waals surface area contributed by atoms with Gasteiger partial charge in [0.2, 0.25) is 0 Å². The molecule has 0 saturated carbocycles. The third kappa shape index (κ3) is 5.01. The quantitative estimate of drug-likeness (QED) is 0.434. The molecule has 0 spiro atoms. The Labute approximate surface area is 215 Å². The van der Waals surface area contributed by atoms with Crippen molar-refractivity contribution in [3.63, 3.8) is 0 Å². The minimum absolute atomic E-state index is 0.122. The van der Waals surface area contributed by atoms with Gasteiger partial charge in [-0.1, -0.05) is 24.3 Å². The second kappa shape index (κ2) is 11.0. The number of halogens is 1. The smallest absolute Gasteiger partial charge is 0.336 e. The second-order valence-corrected chi connectivity index (χ2v) is 8.94. The zero-order valence-corrected chi connectivity index (χ0v) is 21.3. The van der Waals surface area contributed by atoms with E-state index in [4.69, 9.17) is 14.2 Å². The van der Waals surface area contributed by atoms with Crippen LogP contribution in [-0.2, 0) is 23.9 Å². The molecule has 3 atom stereocenters. The van der Waals surface area contributed by atoms with Gasteiger partial charge in [-0.25, -0.2) is 9.18 Å². The van der Waals surface area contributed by atoms with Gasteiger partial charge in [-0.2, -0.15) is 0 Å². The molecule has 4 rings (SSSR count). The van der Waals surface area contributed by atoms with Crippen molar-refractivity contribution in [3.8, 4) is 5.75 Å². The maximum absolute atomic E-state index is 14.2. The highest BCUT2D eigenvalue weighted by Gasteiger charge is 2.49. The number of ether oxygens (including phenoxy) is 3. The first-order valence-corrected chi connectivity index (χ1v) is 12.3. The Bertz CT molecular complexity index is 1260. The van der Waals surface area contributed by atoms with Crippen LogP contribution in [0.3, 0.4) is 0 Å². The van der Waals surface area contributed by atoms with Crippen LogP contribution in [0.4, 0.5) is 4.39 Å². The maximum atomic E-state index is 14.2. The molecule has 37 heavy (non-hydrogen) atoms. The number of benzene rings is 2. The summed E-state index contributed by atoms with van der Waals surface area (Å²) in [6.07, 6.45) is 0.335. The predicted octanol–water partition coefficient (Wildman–Crippen LogP) is 4.55. The van der Waals surface area contributed by atoms with E-state index in [2.05, 4.69) is 5.32 Å². The molecule has 0 aromatic heterocycles. The van der Waals surface area contributed by atoms with E-state index in [-0.39, 0.29) is 18.8 Å². The number of dihydropyridines is 1. The average Bonchev–Trinajstić information content (AvgIpc) is 2.88. The van der Waals surface area contributed by atoms with Crippen LogP contribution < -0.4 is 10.1 Å². The molecule has 8 heteroatoms. The van der Waals surface area contributed by atoms with E-state index in [0.717, 1.165) is 5.56 Å². The standard InChI is InChI=1S/C29H30FNO6/c1-5-36-28(33)23-16(3)31-22-15-21(17-9-13-20(35-4)14-10-17)25(29(34)37-6-2)27(32)26(22)24(23)18-7-11-19(30)12-8-18/h7-14,21,24-25,31H,5-6,15H2,1-4H3/t21-,24+,25-/m1/s1. The number of allylic oxidation sites excluding steroid dienone is 3. The van der Waals surface area contributed by atoms with E-state index in [1.807, 2.05) is 12.1 Å². The SMILES string of the molecule is CCOC(=O)C1=C(C)NC2=C(C(=O)[C@H](C(=O)OCC)[C@@H](c3ccc(OC)cc3)C2)[C@H]1c1ccc(F)cc1. The monoisotopic (exact) mass is 507 g/mol. The van der Waals surface area contributed by atoms with E-state index in [9.17, 15) is 18.8 Å². The van der Waals surface area contributed by atoms with Crippen LogP contribution in [0.2, 0.25) is 0 Å². The molecule has 1 aliphatic heterocycles. The average molecular weight is 508 g/mol. The number of methoxy groups -OCH3 is 1. The summed E-state index contributed by atoms with van der Waals surface area (Å²) in [7, 11) is 1.56. The van der Waals surface area contributed by atoms with Gasteiger partial charge in [-0.3, -0.25) is 9.59 Å². The van der Waals surface area contributed by atoms with E-state index in [1.54, 1.807) is 52.1 Å². The lowest BCUT2D eigenvalue weighted by atomic mass is 9.67. The van der Waals surface area contributed by atoms with Gasteiger partial charge in [0.05, 0.1) is 25.9 Å². The third-order valence-corrected chi connectivity index (χ3v) is 6.80. The Morgan fingerprint density at radius 1 is 0.973 bits per heavy atom. The molecule has 0 unspecified atom stereocenters. The van der Waals surface area contributed by atoms with Gasteiger partial charge in [0, 0.05) is 28.8 Å². The van der Waals surface area contributed by atoms with Gasteiger partial charge in [0.1, 0.15) is 17.5 Å². The normalized spacial score (nSPS) is 21.2. The first-order chi connectivity index (χ1) is 17.8. The molecular weight excluding hydrogens is 477 g/mol. The number of rotatable bonds is 7. The van der Waals surface area contributed by atoms with Gasteiger partial charge in [-0.15, -0.1) is 0 Å². The van der Waals surface area contributed by atoms with Crippen molar-refractivity contribution in [1.82, 2.24) is 5.32 Å². The van der Waals surface area contributed by atoms with Crippen LogP contribution in [0.15, 0.2) is 71.1 Å². The summed E-state index contributed by atoms with van der Waals surface area (Å²) < 4.78 is 29.7. The number of nitrogens with one attached hydrogen (secondary N) is 1. The predicted molar refractivity (Wildman–Crippen MR) is 134 cm³/mol. The van der Waals surface area contributed by atoms with Crippen molar-refractivity contribution in [2.45, 2.75) is 39.0 Å². The van der Waals surface area contributed by atoms with Crippen LogP contribution in [0.5, 0.6) is 5.75 Å². The number of hydrogen-bond acceptors (Lipinski definition) is 7. The van der Waals surface area contributed by atoms with E-state index in [0.29, 0.717) is 34.7 Å². The van der Waals surface area contributed by atoms with Gasteiger partial charge >= 0.3 is 11.9 Å². The van der Waals surface area contributed by atoms with Crippen molar-refractivity contribution >= 4 is 17.7 Å². The second-order valence-electron chi connectivity index (χ2n) is 8.94. The summed E-state index contributed by atoms with van der Waals surface area (Å²) in [5.74, 6) is -3.84. The van der Waals surface area contributed by atoms with Gasteiger partial charge in [-0.05, 0) is 62.6 Å². The Morgan fingerprint density at radius 3 is 2.19 bits per heavy atom. The van der Waals surface area contributed by atoms with Crippen molar-refractivity contribution in [2.75, 3.05) is 20.3 Å². The highest BCUT2D eigenvalue weighted by molar-refractivity contribution is 6.13. The summed E-state index contributed by atoms with van der Waals surface area (Å²) >= 11 is 0. The molecule has 1 N–H and O–H groups in total. The molecule has 0 bridgehead atoms. The van der Waals surface area contributed by atoms with Crippen molar-refractivity contribution in [2.24, 2.45) is 5.92 Å². The van der Waals surface area contributed by atoms with Gasteiger partial charge < -0.3 is 19.5 Å². The highest BCUT2D eigenvalue weighted by atomic mass is 19.1. The molecule has 2 aromatic carbocycles. The van der Waals surface area contributed by atoms with Crippen molar-refractivity contribution in [3.05, 3.63) is 88.0 Å². The fraction of sp³-hybridized carbons (Fsp3) is 0.345. The molecule has 2 aromatic rings. The molecule has 194 valence electrons. The molecule has 0 amide bonds. The molecule has 7 nitrogen and oxygen atoms in total. The largest absolute Gasteiger partial charge is 0.497 e. The lowest BCUT2D eigenvalue weighted by Gasteiger charge is -2.39. The molecule has 1 aliphatic carbocycles. The molecule has 0 radical (unpaired) electrons. The Balaban J connectivity index is 1.87. The van der Waals surface area contributed by atoms with Crippen LogP contribution in [0.1, 0.15) is 50.2 Å². The summed E-state index contributed by atoms with van der Waals surface area (Å²) in [6, 6.07) is 12.9. The fourth-order valence-electron chi connectivity index (χ4n) is 5.17. The Kier molecular flexibility index (Phi) is 7.76. The lowest BCUT2D eigenvalue weighted by molar-refractivity contribution is -0.152. The number of ketones is 1. The number of carbonyl (C=O) groups is 3. The Morgan fingerprint density at radius 2 is 1.59 bits per heavy atom. The highest BCUT2D eigenvalue weighted by Crippen LogP contribution is 2.48. The maximum Gasteiger partial charge on any atom is 0.336 e. The zero-order chi connectivity index (χ0) is 26.7. The van der Waals surface area contributed by atoms with Crippen molar-refractivity contribution < 1.29 is 33.0 Å². The number of carbonyl (C=O) groups excluding carboxylic acids is 3. The summed E-state index contributed by atoms with van der Waals surface area (Å²) in [4.78, 5) is 40.5. The number of hydrogen-bond donors (Lipinski definition) is 1. The summed E-state index contributed by atoms with van der Waals surface area (Å²) in [5, 5.41) is 3.25. The minimum atomic E-state index is -1.11. The fourth-order valence-corrected chi connectivity index (χ4v) is 5.17. The lowest BCUT2D eigenvalue weighted by Crippen LogP contribution is -2.43. The molecule has 0 fully saturated rings. The number of Topliss-reactive ketones (excluding diaryl/α,β-unsaturated/α-hetero) is 1. The number of esters is 2. The van der Waals surface area contributed by atoms with Crippen LogP contribution in [-0.4, -0.2) is 38.0 Å². The summed E-state index contributed by atoms with van der Waals surface area (Å²) in [6.45, 7) is 5.40. The third-order valence-electron chi connectivity index (χ3n) is 6.80. The van der Waals surface area contributed by atoms with Crippen LogP contribution in [0.25, 0.3) is 0 Å². The van der Waals surface area contributed by atoms with Crippen molar-refractivity contribution in [1.29, 1.82) is 0 Å².